The molecule has 88 valence electrons. The summed E-state index contributed by atoms with van der Waals surface area (Å²) < 4.78 is 14.3. The Morgan fingerprint density at radius 1 is 1.12 bits per heavy atom. The first kappa shape index (κ1) is 12.4. The molecular formula is C13H10BrClFN. The van der Waals surface area contributed by atoms with Crippen LogP contribution in [0.2, 0.25) is 5.02 Å². The summed E-state index contributed by atoms with van der Waals surface area (Å²) in [5.74, 6) is -0.262. The Balaban J connectivity index is 2.07. The van der Waals surface area contributed by atoms with Crippen molar-refractivity contribution < 1.29 is 4.39 Å². The molecule has 0 aliphatic carbocycles. The molecule has 0 radical (unpaired) electrons. The van der Waals surface area contributed by atoms with Crippen LogP contribution in [0.5, 0.6) is 0 Å². The first-order chi connectivity index (χ1) is 8.15. The van der Waals surface area contributed by atoms with E-state index in [1.54, 1.807) is 12.1 Å². The fourth-order valence-corrected chi connectivity index (χ4v) is 1.92. The molecule has 1 N–H and O–H groups in total. The van der Waals surface area contributed by atoms with Crippen molar-refractivity contribution in [3.8, 4) is 0 Å². The van der Waals surface area contributed by atoms with Crippen molar-refractivity contribution >= 4 is 33.2 Å². The summed E-state index contributed by atoms with van der Waals surface area (Å²) in [4.78, 5) is 0. The lowest BCUT2D eigenvalue weighted by Crippen LogP contribution is -2.01. The molecule has 0 fully saturated rings. The van der Waals surface area contributed by atoms with Gasteiger partial charge in [0.25, 0.3) is 0 Å². The molecule has 0 amide bonds. The Hall–Kier alpha value is -1.06. The number of rotatable bonds is 3. The van der Waals surface area contributed by atoms with Crippen molar-refractivity contribution in [2.24, 2.45) is 0 Å². The van der Waals surface area contributed by atoms with Gasteiger partial charge in [0.2, 0.25) is 0 Å². The van der Waals surface area contributed by atoms with Gasteiger partial charge in [0.15, 0.2) is 0 Å². The predicted octanol–water partition coefficient (Wildman–Crippen LogP) is 4.85. The van der Waals surface area contributed by atoms with Crippen LogP contribution in [0.25, 0.3) is 0 Å². The molecule has 0 spiro atoms. The van der Waals surface area contributed by atoms with Crippen LogP contribution in [-0.2, 0) is 6.54 Å². The fraction of sp³-hybridized carbons (Fsp3) is 0.0769. The highest BCUT2D eigenvalue weighted by Crippen LogP contribution is 2.20. The molecule has 0 aromatic heterocycles. The summed E-state index contributed by atoms with van der Waals surface area (Å²) in [6.45, 7) is 0.560. The Morgan fingerprint density at radius 2 is 1.82 bits per heavy atom. The Kier molecular flexibility index (Phi) is 4.02. The molecule has 0 unspecified atom stereocenters. The van der Waals surface area contributed by atoms with Crippen LogP contribution in [0.15, 0.2) is 46.9 Å². The first-order valence-electron chi connectivity index (χ1n) is 5.08. The van der Waals surface area contributed by atoms with Gasteiger partial charge in [-0.1, -0.05) is 39.7 Å². The smallest absolute Gasteiger partial charge is 0.146 e. The highest BCUT2D eigenvalue weighted by atomic mass is 79.9. The second kappa shape index (κ2) is 5.52. The van der Waals surface area contributed by atoms with Crippen molar-refractivity contribution in [3.63, 3.8) is 0 Å². The summed E-state index contributed by atoms with van der Waals surface area (Å²) in [5, 5.41) is 3.74. The Morgan fingerprint density at radius 3 is 2.53 bits per heavy atom. The molecule has 2 aromatic rings. The van der Waals surface area contributed by atoms with E-state index in [0.717, 1.165) is 10.0 Å². The minimum absolute atomic E-state index is 0.262. The summed E-state index contributed by atoms with van der Waals surface area (Å²) in [6.07, 6.45) is 0. The van der Waals surface area contributed by atoms with Gasteiger partial charge < -0.3 is 5.32 Å². The highest BCUT2D eigenvalue weighted by molar-refractivity contribution is 9.10. The van der Waals surface area contributed by atoms with Crippen molar-refractivity contribution in [1.29, 1.82) is 0 Å². The van der Waals surface area contributed by atoms with E-state index < -0.39 is 0 Å². The zero-order valence-electron chi connectivity index (χ0n) is 8.88. The van der Waals surface area contributed by atoms with Crippen molar-refractivity contribution in [3.05, 3.63) is 63.3 Å². The van der Waals surface area contributed by atoms with Crippen molar-refractivity contribution in [2.75, 3.05) is 5.32 Å². The number of hydrogen-bond acceptors (Lipinski definition) is 1. The van der Waals surface area contributed by atoms with E-state index in [1.165, 1.54) is 6.07 Å². The maximum Gasteiger partial charge on any atom is 0.146 e. The molecule has 2 aromatic carbocycles. The molecule has 1 nitrogen and oxygen atoms in total. The van der Waals surface area contributed by atoms with Crippen molar-refractivity contribution in [1.82, 2.24) is 0 Å². The quantitative estimate of drug-likeness (QED) is 0.853. The molecule has 0 atom stereocenters. The van der Waals surface area contributed by atoms with E-state index in [0.29, 0.717) is 17.3 Å². The molecule has 0 heterocycles. The maximum absolute atomic E-state index is 13.4. The number of hydrogen-bond donors (Lipinski definition) is 1. The number of benzene rings is 2. The van der Waals surface area contributed by atoms with E-state index in [-0.39, 0.29) is 5.82 Å². The summed E-state index contributed by atoms with van der Waals surface area (Å²) in [6, 6.07) is 12.3. The second-order valence-corrected chi connectivity index (χ2v) is 4.96. The lowest BCUT2D eigenvalue weighted by atomic mass is 10.2. The minimum Gasteiger partial charge on any atom is -0.379 e. The van der Waals surface area contributed by atoms with Crippen LogP contribution < -0.4 is 5.32 Å². The average Bonchev–Trinajstić information content (AvgIpc) is 2.32. The number of anilines is 1. The van der Waals surface area contributed by atoms with Gasteiger partial charge in [-0.15, -0.1) is 0 Å². The van der Waals surface area contributed by atoms with Gasteiger partial charge in [0.1, 0.15) is 5.82 Å². The van der Waals surface area contributed by atoms with Gasteiger partial charge in [0, 0.05) is 16.0 Å². The van der Waals surface area contributed by atoms with E-state index in [1.807, 2.05) is 24.3 Å². The summed E-state index contributed by atoms with van der Waals surface area (Å²) in [7, 11) is 0. The van der Waals surface area contributed by atoms with Gasteiger partial charge in [-0.3, -0.25) is 0 Å². The highest BCUT2D eigenvalue weighted by Gasteiger charge is 2.02. The zero-order chi connectivity index (χ0) is 12.3. The zero-order valence-corrected chi connectivity index (χ0v) is 11.2. The van der Waals surface area contributed by atoms with Crippen LogP contribution in [0.1, 0.15) is 5.56 Å². The fourth-order valence-electron chi connectivity index (χ4n) is 1.43. The average molecular weight is 315 g/mol. The van der Waals surface area contributed by atoms with E-state index in [2.05, 4.69) is 21.2 Å². The molecule has 4 heteroatoms. The van der Waals surface area contributed by atoms with Crippen molar-refractivity contribution in [2.45, 2.75) is 6.54 Å². The third-order valence-corrected chi connectivity index (χ3v) is 3.07. The SMILES string of the molecule is Fc1ccc(Br)cc1NCc1ccc(Cl)cc1. The normalized spacial score (nSPS) is 10.3. The molecular weight excluding hydrogens is 305 g/mol. The van der Waals surface area contributed by atoms with Crippen LogP contribution >= 0.6 is 27.5 Å². The predicted molar refractivity (Wildman–Crippen MR) is 72.9 cm³/mol. The van der Waals surface area contributed by atoms with Crippen LogP contribution in [0, 0.1) is 5.82 Å². The lowest BCUT2D eigenvalue weighted by molar-refractivity contribution is 0.630. The van der Waals surface area contributed by atoms with E-state index in [9.17, 15) is 4.39 Å². The molecule has 2 rings (SSSR count). The number of halogens is 3. The molecule has 0 aliphatic heterocycles. The van der Waals surface area contributed by atoms with E-state index >= 15 is 0 Å². The van der Waals surface area contributed by atoms with Gasteiger partial charge in [0.05, 0.1) is 5.69 Å². The molecule has 0 bridgehead atoms. The van der Waals surface area contributed by atoms with Gasteiger partial charge in [-0.05, 0) is 35.9 Å². The van der Waals surface area contributed by atoms with E-state index in [4.69, 9.17) is 11.6 Å². The molecule has 0 saturated carbocycles. The third-order valence-electron chi connectivity index (χ3n) is 2.32. The molecule has 17 heavy (non-hydrogen) atoms. The second-order valence-electron chi connectivity index (χ2n) is 3.60. The summed E-state index contributed by atoms with van der Waals surface area (Å²) in [5.41, 5.74) is 1.53. The number of nitrogens with one attached hydrogen (secondary N) is 1. The molecule has 0 aliphatic rings. The lowest BCUT2D eigenvalue weighted by Gasteiger charge is -2.08. The van der Waals surface area contributed by atoms with Crippen LogP contribution in [0.4, 0.5) is 10.1 Å². The largest absolute Gasteiger partial charge is 0.379 e. The third kappa shape index (κ3) is 3.45. The maximum atomic E-state index is 13.4. The van der Waals surface area contributed by atoms with Gasteiger partial charge in [-0.25, -0.2) is 4.39 Å². The first-order valence-corrected chi connectivity index (χ1v) is 6.25. The minimum atomic E-state index is -0.262. The molecule has 0 saturated heterocycles. The monoisotopic (exact) mass is 313 g/mol. The van der Waals surface area contributed by atoms with Crippen LogP contribution in [-0.4, -0.2) is 0 Å². The van der Waals surface area contributed by atoms with Gasteiger partial charge in [-0.2, -0.15) is 0 Å². The standard InChI is InChI=1S/C13H10BrClFN/c14-10-3-6-12(16)13(7-10)17-8-9-1-4-11(15)5-2-9/h1-7,17H,8H2. The topological polar surface area (TPSA) is 12.0 Å². The van der Waals surface area contributed by atoms with Gasteiger partial charge >= 0.3 is 0 Å². The summed E-state index contributed by atoms with van der Waals surface area (Å²) >= 11 is 9.10. The van der Waals surface area contributed by atoms with Crippen LogP contribution in [0.3, 0.4) is 0 Å². The Labute approximate surface area is 113 Å². The Bertz CT molecular complexity index is 513.